The molecule has 0 amide bonds. The minimum atomic E-state index is 0.111. The SMILES string of the molecule is NC1CCc2c(O)ccc(O)c2C1. The van der Waals surface area contributed by atoms with Crippen LogP contribution < -0.4 is 5.73 Å². The summed E-state index contributed by atoms with van der Waals surface area (Å²) >= 11 is 0. The molecule has 0 bridgehead atoms. The molecule has 1 aliphatic rings. The van der Waals surface area contributed by atoms with Gasteiger partial charge in [-0.25, -0.2) is 0 Å². The fourth-order valence-electron chi connectivity index (χ4n) is 1.87. The van der Waals surface area contributed by atoms with Gasteiger partial charge in [0, 0.05) is 17.2 Å². The molecular formula is C10H13NO2. The third kappa shape index (κ3) is 1.35. The molecule has 1 aromatic rings. The van der Waals surface area contributed by atoms with E-state index < -0.39 is 0 Å². The van der Waals surface area contributed by atoms with Crippen LogP contribution in [0.2, 0.25) is 0 Å². The molecule has 1 unspecified atom stereocenters. The quantitative estimate of drug-likeness (QED) is 0.519. The van der Waals surface area contributed by atoms with Crippen molar-refractivity contribution < 1.29 is 10.2 Å². The minimum absolute atomic E-state index is 0.111. The van der Waals surface area contributed by atoms with Crippen molar-refractivity contribution in [2.45, 2.75) is 25.3 Å². The fraction of sp³-hybridized carbons (Fsp3) is 0.400. The number of phenolic OH excluding ortho intramolecular Hbond substituents is 2. The molecule has 0 spiro atoms. The van der Waals surface area contributed by atoms with Gasteiger partial charge in [0.2, 0.25) is 0 Å². The zero-order valence-corrected chi connectivity index (χ0v) is 7.33. The molecule has 0 fully saturated rings. The van der Waals surface area contributed by atoms with Gasteiger partial charge in [-0.2, -0.15) is 0 Å². The highest BCUT2D eigenvalue weighted by Gasteiger charge is 2.20. The zero-order valence-electron chi connectivity index (χ0n) is 7.33. The lowest BCUT2D eigenvalue weighted by atomic mass is 9.87. The lowest BCUT2D eigenvalue weighted by molar-refractivity contribution is 0.432. The van der Waals surface area contributed by atoms with E-state index in [4.69, 9.17) is 5.73 Å². The highest BCUT2D eigenvalue weighted by atomic mass is 16.3. The van der Waals surface area contributed by atoms with Gasteiger partial charge in [-0.3, -0.25) is 0 Å². The Kier molecular flexibility index (Phi) is 1.88. The summed E-state index contributed by atoms with van der Waals surface area (Å²) in [6, 6.07) is 3.16. The smallest absolute Gasteiger partial charge is 0.119 e. The lowest BCUT2D eigenvalue weighted by Gasteiger charge is -2.22. The third-order valence-electron chi connectivity index (χ3n) is 2.61. The van der Waals surface area contributed by atoms with Gasteiger partial charge < -0.3 is 15.9 Å². The Hall–Kier alpha value is -1.22. The average molecular weight is 179 g/mol. The van der Waals surface area contributed by atoms with Gasteiger partial charge in [-0.05, 0) is 31.4 Å². The van der Waals surface area contributed by atoms with Crippen LogP contribution in [0, 0.1) is 0 Å². The summed E-state index contributed by atoms with van der Waals surface area (Å²) in [6.45, 7) is 0. The molecule has 3 nitrogen and oxygen atoms in total. The Labute approximate surface area is 76.8 Å². The maximum absolute atomic E-state index is 9.53. The number of nitrogens with two attached hydrogens (primary N) is 1. The number of phenols is 2. The summed E-state index contributed by atoms with van der Waals surface area (Å²) in [6.07, 6.45) is 2.30. The molecule has 2 rings (SSSR count). The molecule has 13 heavy (non-hydrogen) atoms. The van der Waals surface area contributed by atoms with Crippen molar-refractivity contribution >= 4 is 0 Å². The number of hydrogen-bond donors (Lipinski definition) is 3. The summed E-state index contributed by atoms with van der Waals surface area (Å²) in [7, 11) is 0. The normalized spacial score (nSPS) is 21.2. The van der Waals surface area contributed by atoms with Crippen LogP contribution in [0.3, 0.4) is 0 Å². The van der Waals surface area contributed by atoms with Crippen molar-refractivity contribution in [1.29, 1.82) is 0 Å². The predicted molar refractivity (Wildman–Crippen MR) is 49.8 cm³/mol. The highest BCUT2D eigenvalue weighted by Crippen LogP contribution is 2.34. The molecule has 1 atom stereocenters. The Balaban J connectivity index is 2.51. The topological polar surface area (TPSA) is 66.5 Å². The Morgan fingerprint density at radius 1 is 1.15 bits per heavy atom. The lowest BCUT2D eigenvalue weighted by Crippen LogP contribution is -2.27. The summed E-state index contributed by atoms with van der Waals surface area (Å²) < 4.78 is 0. The molecule has 1 aromatic carbocycles. The highest BCUT2D eigenvalue weighted by molar-refractivity contribution is 5.49. The molecule has 0 heterocycles. The molecule has 70 valence electrons. The van der Waals surface area contributed by atoms with Crippen molar-refractivity contribution in [2.75, 3.05) is 0 Å². The van der Waals surface area contributed by atoms with Gasteiger partial charge >= 0.3 is 0 Å². The minimum Gasteiger partial charge on any atom is -0.508 e. The number of benzene rings is 1. The van der Waals surface area contributed by atoms with Gasteiger partial charge in [0.05, 0.1) is 0 Å². The van der Waals surface area contributed by atoms with Crippen LogP contribution >= 0.6 is 0 Å². The summed E-state index contributed by atoms with van der Waals surface area (Å²) in [4.78, 5) is 0. The van der Waals surface area contributed by atoms with Crippen LogP contribution in [-0.2, 0) is 12.8 Å². The van der Waals surface area contributed by atoms with Gasteiger partial charge in [0.25, 0.3) is 0 Å². The first-order chi connectivity index (χ1) is 6.18. The Morgan fingerprint density at radius 3 is 2.46 bits per heavy atom. The van der Waals surface area contributed by atoms with E-state index in [2.05, 4.69) is 0 Å². The molecule has 0 aromatic heterocycles. The third-order valence-corrected chi connectivity index (χ3v) is 2.61. The zero-order chi connectivity index (χ0) is 9.42. The first kappa shape index (κ1) is 8.38. The van der Waals surface area contributed by atoms with E-state index in [0.717, 1.165) is 24.0 Å². The van der Waals surface area contributed by atoms with Gasteiger partial charge in [-0.15, -0.1) is 0 Å². The first-order valence-electron chi connectivity index (χ1n) is 4.46. The standard InChI is InChI=1S/C10H13NO2/c11-6-1-2-7-8(5-6)10(13)4-3-9(7)12/h3-4,6,12-13H,1-2,5,11H2. The Morgan fingerprint density at radius 2 is 1.77 bits per heavy atom. The van der Waals surface area contributed by atoms with Crippen molar-refractivity contribution in [2.24, 2.45) is 5.73 Å². The summed E-state index contributed by atoms with van der Waals surface area (Å²) in [5, 5.41) is 19.0. The predicted octanol–water partition coefficient (Wildman–Crippen LogP) is 0.914. The van der Waals surface area contributed by atoms with Crippen LogP contribution in [0.4, 0.5) is 0 Å². The van der Waals surface area contributed by atoms with Crippen molar-refractivity contribution in [3.8, 4) is 11.5 Å². The van der Waals surface area contributed by atoms with E-state index in [0.29, 0.717) is 6.42 Å². The monoisotopic (exact) mass is 179 g/mol. The van der Waals surface area contributed by atoms with E-state index in [1.807, 2.05) is 0 Å². The number of hydrogen-bond acceptors (Lipinski definition) is 3. The van der Waals surface area contributed by atoms with E-state index in [1.54, 1.807) is 0 Å². The van der Waals surface area contributed by atoms with Gasteiger partial charge in [-0.1, -0.05) is 0 Å². The maximum Gasteiger partial charge on any atom is 0.119 e. The van der Waals surface area contributed by atoms with E-state index in [-0.39, 0.29) is 17.5 Å². The van der Waals surface area contributed by atoms with Gasteiger partial charge in [0.15, 0.2) is 0 Å². The van der Waals surface area contributed by atoms with Crippen LogP contribution in [0.15, 0.2) is 12.1 Å². The molecule has 3 heteroatoms. The molecule has 0 aliphatic heterocycles. The molecule has 0 radical (unpaired) electrons. The van der Waals surface area contributed by atoms with E-state index in [9.17, 15) is 10.2 Å². The summed E-state index contributed by atoms with van der Waals surface area (Å²) in [5.41, 5.74) is 7.46. The van der Waals surface area contributed by atoms with Crippen LogP contribution in [0.1, 0.15) is 17.5 Å². The van der Waals surface area contributed by atoms with Crippen LogP contribution in [-0.4, -0.2) is 16.3 Å². The number of fused-ring (bicyclic) bond motifs is 1. The molecular weight excluding hydrogens is 166 g/mol. The Bertz CT molecular complexity index is 336. The van der Waals surface area contributed by atoms with Crippen molar-refractivity contribution in [3.05, 3.63) is 23.3 Å². The second kappa shape index (κ2) is 2.92. The first-order valence-corrected chi connectivity index (χ1v) is 4.46. The van der Waals surface area contributed by atoms with Crippen molar-refractivity contribution in [3.63, 3.8) is 0 Å². The number of aromatic hydroxyl groups is 2. The van der Waals surface area contributed by atoms with Crippen LogP contribution in [0.5, 0.6) is 11.5 Å². The summed E-state index contributed by atoms with van der Waals surface area (Å²) in [5.74, 6) is 0.530. The molecule has 0 saturated heterocycles. The van der Waals surface area contributed by atoms with Gasteiger partial charge in [0.1, 0.15) is 11.5 Å². The second-order valence-corrected chi connectivity index (χ2v) is 3.56. The average Bonchev–Trinajstić information content (AvgIpc) is 2.12. The molecule has 4 N–H and O–H groups in total. The largest absolute Gasteiger partial charge is 0.508 e. The number of rotatable bonds is 0. The second-order valence-electron chi connectivity index (χ2n) is 3.56. The van der Waals surface area contributed by atoms with E-state index in [1.165, 1.54) is 12.1 Å². The van der Waals surface area contributed by atoms with Crippen molar-refractivity contribution in [1.82, 2.24) is 0 Å². The molecule has 1 aliphatic carbocycles. The van der Waals surface area contributed by atoms with E-state index >= 15 is 0 Å². The fourth-order valence-corrected chi connectivity index (χ4v) is 1.87. The van der Waals surface area contributed by atoms with Crippen LogP contribution in [0.25, 0.3) is 0 Å². The molecule has 0 saturated carbocycles. The maximum atomic E-state index is 9.53.